The molecule has 0 aliphatic carbocycles. The third-order valence-electron chi connectivity index (χ3n) is 1.55. The molecule has 0 bridgehead atoms. The SMILES string of the molecule is NC(=S)Nc1cc(F)c(F)cc1C(=O)O. The van der Waals surface area contributed by atoms with Gasteiger partial charge in [-0.05, 0) is 18.3 Å². The Morgan fingerprint density at radius 2 is 1.93 bits per heavy atom. The Morgan fingerprint density at radius 1 is 1.40 bits per heavy atom. The Balaban J connectivity index is 3.28. The smallest absolute Gasteiger partial charge is 0.337 e. The Kier molecular flexibility index (Phi) is 3.15. The summed E-state index contributed by atoms with van der Waals surface area (Å²) in [6, 6.07) is 1.23. The first-order chi connectivity index (χ1) is 6.91. The molecule has 4 nitrogen and oxygen atoms in total. The second-order valence-electron chi connectivity index (χ2n) is 2.61. The zero-order valence-electron chi connectivity index (χ0n) is 7.25. The molecule has 0 radical (unpaired) electrons. The Morgan fingerprint density at radius 3 is 2.40 bits per heavy atom. The maximum absolute atomic E-state index is 12.8. The van der Waals surface area contributed by atoms with Crippen molar-refractivity contribution in [3.63, 3.8) is 0 Å². The summed E-state index contributed by atoms with van der Waals surface area (Å²) in [7, 11) is 0. The van der Waals surface area contributed by atoms with E-state index in [0.29, 0.717) is 12.1 Å². The molecule has 0 amide bonds. The fraction of sp³-hybridized carbons (Fsp3) is 0. The van der Waals surface area contributed by atoms with Gasteiger partial charge in [0.2, 0.25) is 0 Å². The minimum atomic E-state index is -1.41. The van der Waals surface area contributed by atoms with Crippen LogP contribution in [0.2, 0.25) is 0 Å². The van der Waals surface area contributed by atoms with Crippen molar-refractivity contribution in [1.82, 2.24) is 0 Å². The number of carbonyl (C=O) groups is 1. The molecular formula is C8H6F2N2O2S. The maximum atomic E-state index is 12.8. The quantitative estimate of drug-likeness (QED) is 0.670. The summed E-state index contributed by atoms with van der Waals surface area (Å²) in [5, 5.41) is 10.7. The highest BCUT2D eigenvalue weighted by atomic mass is 32.1. The van der Waals surface area contributed by atoms with Gasteiger partial charge in [-0.2, -0.15) is 0 Å². The van der Waals surface area contributed by atoms with Crippen molar-refractivity contribution in [3.05, 3.63) is 29.3 Å². The van der Waals surface area contributed by atoms with Gasteiger partial charge in [0.1, 0.15) is 0 Å². The number of carboxylic acid groups (broad SMARTS) is 1. The molecule has 1 rings (SSSR count). The van der Waals surface area contributed by atoms with Gasteiger partial charge in [0, 0.05) is 6.07 Å². The van der Waals surface area contributed by atoms with Gasteiger partial charge in [-0.1, -0.05) is 0 Å². The molecule has 0 heterocycles. The number of hydrogen-bond donors (Lipinski definition) is 3. The van der Waals surface area contributed by atoms with E-state index in [0.717, 1.165) is 0 Å². The van der Waals surface area contributed by atoms with Crippen molar-refractivity contribution >= 4 is 29.0 Å². The van der Waals surface area contributed by atoms with Gasteiger partial charge in [0.05, 0.1) is 11.3 Å². The van der Waals surface area contributed by atoms with Crippen LogP contribution in [0.1, 0.15) is 10.4 Å². The van der Waals surface area contributed by atoms with E-state index >= 15 is 0 Å². The molecule has 0 saturated carbocycles. The second kappa shape index (κ2) is 4.18. The van der Waals surface area contributed by atoms with Gasteiger partial charge in [-0.3, -0.25) is 0 Å². The molecule has 80 valence electrons. The van der Waals surface area contributed by atoms with E-state index in [-0.39, 0.29) is 10.8 Å². The summed E-state index contributed by atoms with van der Waals surface area (Å²) in [6.45, 7) is 0. The minimum absolute atomic E-state index is 0.186. The van der Waals surface area contributed by atoms with Crippen LogP contribution >= 0.6 is 12.2 Å². The van der Waals surface area contributed by atoms with Crippen LogP contribution in [0.25, 0.3) is 0 Å². The lowest BCUT2D eigenvalue weighted by atomic mass is 10.1. The number of nitrogens with two attached hydrogens (primary N) is 1. The molecule has 0 unspecified atom stereocenters. The molecule has 0 saturated heterocycles. The number of rotatable bonds is 2. The first-order valence-corrected chi connectivity index (χ1v) is 4.11. The number of hydrogen-bond acceptors (Lipinski definition) is 2. The maximum Gasteiger partial charge on any atom is 0.337 e. The molecule has 7 heteroatoms. The fourth-order valence-electron chi connectivity index (χ4n) is 0.960. The lowest BCUT2D eigenvalue weighted by Crippen LogP contribution is -2.21. The first kappa shape index (κ1) is 11.3. The summed E-state index contributed by atoms with van der Waals surface area (Å²) in [5.41, 5.74) is 4.46. The topological polar surface area (TPSA) is 75.3 Å². The Labute approximate surface area is 88.7 Å². The van der Waals surface area contributed by atoms with Crippen molar-refractivity contribution < 1.29 is 18.7 Å². The molecule has 0 fully saturated rings. The van der Waals surface area contributed by atoms with Crippen molar-refractivity contribution in [2.24, 2.45) is 5.73 Å². The van der Waals surface area contributed by atoms with Crippen LogP contribution < -0.4 is 11.1 Å². The van der Waals surface area contributed by atoms with Gasteiger partial charge in [-0.25, -0.2) is 13.6 Å². The predicted molar refractivity (Wildman–Crippen MR) is 53.7 cm³/mol. The van der Waals surface area contributed by atoms with Gasteiger partial charge >= 0.3 is 5.97 Å². The Bertz CT molecular complexity index is 437. The summed E-state index contributed by atoms with van der Waals surface area (Å²) in [5.74, 6) is -3.84. The van der Waals surface area contributed by atoms with Crippen molar-refractivity contribution in [2.45, 2.75) is 0 Å². The van der Waals surface area contributed by atoms with E-state index in [1.807, 2.05) is 0 Å². The van der Waals surface area contributed by atoms with Crippen molar-refractivity contribution in [2.75, 3.05) is 5.32 Å². The highest BCUT2D eigenvalue weighted by Crippen LogP contribution is 2.19. The average molecular weight is 232 g/mol. The summed E-state index contributed by atoms with van der Waals surface area (Å²) in [4.78, 5) is 10.7. The molecule has 0 aliphatic heterocycles. The summed E-state index contributed by atoms with van der Waals surface area (Å²) < 4.78 is 25.5. The van der Waals surface area contributed by atoms with Crippen LogP contribution in [0.5, 0.6) is 0 Å². The lowest BCUT2D eigenvalue weighted by molar-refractivity contribution is 0.0697. The van der Waals surface area contributed by atoms with Crippen molar-refractivity contribution in [1.29, 1.82) is 0 Å². The third-order valence-corrected chi connectivity index (χ3v) is 1.65. The monoisotopic (exact) mass is 232 g/mol. The van der Waals surface area contributed by atoms with Crippen LogP contribution in [0.3, 0.4) is 0 Å². The minimum Gasteiger partial charge on any atom is -0.478 e. The fourth-order valence-corrected chi connectivity index (χ4v) is 1.07. The molecular weight excluding hydrogens is 226 g/mol. The van der Waals surface area contributed by atoms with E-state index in [4.69, 9.17) is 10.8 Å². The normalized spacial score (nSPS) is 9.73. The standard InChI is InChI=1S/C8H6F2N2O2S/c9-4-1-3(7(13)14)6(2-5(4)10)12-8(11)15/h1-2H,(H,13,14)(H3,11,12,15). The van der Waals surface area contributed by atoms with E-state index in [1.54, 1.807) is 0 Å². The van der Waals surface area contributed by atoms with E-state index in [9.17, 15) is 13.6 Å². The number of benzene rings is 1. The Hall–Kier alpha value is -1.76. The molecule has 15 heavy (non-hydrogen) atoms. The van der Waals surface area contributed by atoms with E-state index in [2.05, 4.69) is 17.5 Å². The predicted octanol–water partition coefficient (Wildman–Crippen LogP) is 1.32. The molecule has 1 aromatic rings. The van der Waals surface area contributed by atoms with Gasteiger partial charge in [0.25, 0.3) is 0 Å². The first-order valence-electron chi connectivity index (χ1n) is 3.70. The van der Waals surface area contributed by atoms with Gasteiger partial charge < -0.3 is 16.2 Å². The molecule has 1 aromatic carbocycles. The van der Waals surface area contributed by atoms with E-state index < -0.39 is 23.2 Å². The van der Waals surface area contributed by atoms with E-state index in [1.165, 1.54) is 0 Å². The molecule has 4 N–H and O–H groups in total. The zero-order valence-corrected chi connectivity index (χ0v) is 8.07. The summed E-state index contributed by atoms with van der Waals surface area (Å²) in [6.07, 6.45) is 0. The lowest BCUT2D eigenvalue weighted by Gasteiger charge is -2.08. The number of thiocarbonyl (C=S) groups is 1. The highest BCUT2D eigenvalue weighted by Gasteiger charge is 2.15. The number of aromatic carboxylic acids is 1. The average Bonchev–Trinajstić information content (AvgIpc) is 2.09. The zero-order chi connectivity index (χ0) is 11.6. The third kappa shape index (κ3) is 2.59. The second-order valence-corrected chi connectivity index (χ2v) is 3.05. The van der Waals surface area contributed by atoms with Crippen LogP contribution in [-0.4, -0.2) is 16.2 Å². The van der Waals surface area contributed by atoms with Crippen LogP contribution in [-0.2, 0) is 0 Å². The number of carboxylic acids is 1. The molecule has 0 atom stereocenters. The molecule has 0 aromatic heterocycles. The molecule has 0 aliphatic rings. The van der Waals surface area contributed by atoms with Gasteiger partial charge in [-0.15, -0.1) is 0 Å². The van der Waals surface area contributed by atoms with Crippen molar-refractivity contribution in [3.8, 4) is 0 Å². The van der Waals surface area contributed by atoms with Crippen LogP contribution in [0.15, 0.2) is 12.1 Å². The number of nitrogens with one attached hydrogen (secondary N) is 1. The number of anilines is 1. The van der Waals surface area contributed by atoms with Crippen LogP contribution in [0, 0.1) is 11.6 Å². The number of halogens is 2. The van der Waals surface area contributed by atoms with Crippen LogP contribution in [0.4, 0.5) is 14.5 Å². The largest absolute Gasteiger partial charge is 0.478 e. The highest BCUT2D eigenvalue weighted by molar-refractivity contribution is 7.80. The molecule has 0 spiro atoms. The van der Waals surface area contributed by atoms with Gasteiger partial charge in [0.15, 0.2) is 16.7 Å². The summed E-state index contributed by atoms with van der Waals surface area (Å²) >= 11 is 4.46.